The fourth-order valence-electron chi connectivity index (χ4n) is 3.76. The lowest BCUT2D eigenvalue weighted by molar-refractivity contribution is -0.122. The second kappa shape index (κ2) is 9.96. The van der Waals surface area contributed by atoms with Gasteiger partial charge in [-0.3, -0.25) is 4.79 Å². The molecule has 3 aromatic carbocycles. The number of benzene rings is 3. The van der Waals surface area contributed by atoms with E-state index in [0.717, 1.165) is 12.8 Å². The van der Waals surface area contributed by atoms with Crippen molar-refractivity contribution in [2.24, 2.45) is 0 Å². The Hall–Kier alpha value is -3.18. The summed E-state index contributed by atoms with van der Waals surface area (Å²) < 4.78 is 17.1. The van der Waals surface area contributed by atoms with Gasteiger partial charge in [-0.15, -0.1) is 0 Å². The van der Waals surface area contributed by atoms with Crippen molar-refractivity contribution in [2.45, 2.75) is 38.7 Å². The molecule has 1 N–H and O–H groups in total. The SMILES string of the molecule is COc1cccc(Oc2ccc(Cl)cc2NC(=O)C(C)Oc2ccc3c(c2)CCCC3)c1. The zero-order valence-electron chi connectivity index (χ0n) is 18.2. The fourth-order valence-corrected chi connectivity index (χ4v) is 3.93. The standard InChI is InChI=1S/C26H26ClNO4/c1-17(31-23-12-10-18-6-3-4-7-19(18)14-23)26(29)28-24-15-20(27)11-13-25(24)32-22-9-5-8-21(16-22)30-2/h5,8-17H,3-4,6-7H2,1-2H3,(H,28,29). The van der Waals surface area contributed by atoms with Gasteiger partial charge < -0.3 is 19.5 Å². The van der Waals surface area contributed by atoms with E-state index in [4.69, 9.17) is 25.8 Å². The summed E-state index contributed by atoms with van der Waals surface area (Å²) in [5, 5.41) is 3.37. The maximum absolute atomic E-state index is 12.9. The van der Waals surface area contributed by atoms with Crippen LogP contribution in [0.5, 0.6) is 23.0 Å². The molecule has 0 radical (unpaired) electrons. The molecule has 0 heterocycles. The van der Waals surface area contributed by atoms with E-state index >= 15 is 0 Å². The average molecular weight is 452 g/mol. The molecular weight excluding hydrogens is 426 g/mol. The summed E-state index contributed by atoms with van der Waals surface area (Å²) in [5.74, 6) is 2.14. The van der Waals surface area contributed by atoms with E-state index in [9.17, 15) is 4.79 Å². The minimum atomic E-state index is -0.694. The summed E-state index contributed by atoms with van der Waals surface area (Å²) in [7, 11) is 1.59. The quantitative estimate of drug-likeness (QED) is 0.450. The number of carbonyl (C=O) groups is 1. The highest BCUT2D eigenvalue weighted by atomic mass is 35.5. The van der Waals surface area contributed by atoms with E-state index in [1.54, 1.807) is 38.3 Å². The number of hydrogen-bond donors (Lipinski definition) is 1. The fraction of sp³-hybridized carbons (Fsp3) is 0.269. The van der Waals surface area contributed by atoms with Crippen molar-refractivity contribution in [3.05, 3.63) is 76.8 Å². The monoisotopic (exact) mass is 451 g/mol. The molecule has 1 atom stereocenters. The second-order valence-electron chi connectivity index (χ2n) is 7.81. The minimum absolute atomic E-state index is 0.291. The Bertz CT molecular complexity index is 1110. The van der Waals surface area contributed by atoms with Crippen molar-refractivity contribution < 1.29 is 19.0 Å². The molecule has 1 aliphatic rings. The largest absolute Gasteiger partial charge is 0.497 e. The summed E-state index contributed by atoms with van der Waals surface area (Å²) >= 11 is 6.17. The first kappa shape index (κ1) is 22.0. The number of carbonyl (C=O) groups excluding carboxylic acids is 1. The maximum atomic E-state index is 12.9. The molecule has 0 aromatic heterocycles. The smallest absolute Gasteiger partial charge is 0.265 e. The number of fused-ring (bicyclic) bond motifs is 1. The van der Waals surface area contributed by atoms with Crippen molar-refractivity contribution in [2.75, 3.05) is 12.4 Å². The third-order valence-electron chi connectivity index (χ3n) is 5.47. The number of methoxy groups -OCH3 is 1. The van der Waals surface area contributed by atoms with Crippen LogP contribution in [0.2, 0.25) is 5.02 Å². The van der Waals surface area contributed by atoms with Crippen molar-refractivity contribution in [1.29, 1.82) is 0 Å². The average Bonchev–Trinajstić information content (AvgIpc) is 2.81. The lowest BCUT2D eigenvalue weighted by Crippen LogP contribution is -2.30. The molecule has 0 saturated heterocycles. The number of amides is 1. The molecule has 0 spiro atoms. The van der Waals surface area contributed by atoms with Crippen LogP contribution < -0.4 is 19.5 Å². The highest BCUT2D eigenvalue weighted by Gasteiger charge is 2.19. The van der Waals surface area contributed by atoms with Crippen molar-refractivity contribution in [3.63, 3.8) is 0 Å². The van der Waals surface area contributed by atoms with Crippen molar-refractivity contribution >= 4 is 23.2 Å². The Morgan fingerprint density at radius 1 is 0.938 bits per heavy atom. The summed E-state index contributed by atoms with van der Waals surface area (Å²) in [6, 6.07) is 18.4. The van der Waals surface area contributed by atoms with Crippen LogP contribution in [0.25, 0.3) is 0 Å². The summed E-state index contributed by atoms with van der Waals surface area (Å²) in [5.41, 5.74) is 3.15. The van der Waals surface area contributed by atoms with Crippen LogP contribution in [0.1, 0.15) is 30.9 Å². The highest BCUT2D eigenvalue weighted by Crippen LogP contribution is 2.33. The molecule has 0 bridgehead atoms. The van der Waals surface area contributed by atoms with Crippen LogP contribution in [0, 0.1) is 0 Å². The van der Waals surface area contributed by atoms with E-state index in [1.807, 2.05) is 24.3 Å². The summed E-state index contributed by atoms with van der Waals surface area (Å²) in [6.45, 7) is 1.72. The first-order chi connectivity index (χ1) is 15.5. The Balaban J connectivity index is 1.46. The third kappa shape index (κ3) is 5.35. The number of aryl methyl sites for hydroxylation is 2. The van der Waals surface area contributed by atoms with Gasteiger partial charge in [0.05, 0.1) is 12.8 Å². The number of rotatable bonds is 7. The molecule has 5 nitrogen and oxygen atoms in total. The van der Waals surface area contributed by atoms with Crippen LogP contribution in [0.4, 0.5) is 5.69 Å². The lowest BCUT2D eigenvalue weighted by Gasteiger charge is -2.20. The molecule has 32 heavy (non-hydrogen) atoms. The molecule has 4 rings (SSSR count). The Morgan fingerprint density at radius 2 is 1.72 bits per heavy atom. The van der Waals surface area contributed by atoms with Crippen LogP contribution in [0.3, 0.4) is 0 Å². The number of hydrogen-bond acceptors (Lipinski definition) is 4. The van der Waals surface area contributed by atoms with Gasteiger partial charge in [-0.05, 0) is 86.2 Å². The maximum Gasteiger partial charge on any atom is 0.265 e. The first-order valence-corrected chi connectivity index (χ1v) is 11.1. The molecular formula is C26H26ClNO4. The predicted molar refractivity (Wildman–Crippen MR) is 126 cm³/mol. The molecule has 3 aromatic rings. The number of halogens is 1. The summed E-state index contributed by atoms with van der Waals surface area (Å²) in [4.78, 5) is 12.9. The number of nitrogens with one attached hydrogen (secondary N) is 1. The molecule has 166 valence electrons. The van der Waals surface area contributed by atoms with Gasteiger partial charge in [0.25, 0.3) is 5.91 Å². The van der Waals surface area contributed by atoms with Gasteiger partial charge in [0.2, 0.25) is 0 Å². The highest BCUT2D eigenvalue weighted by molar-refractivity contribution is 6.31. The number of anilines is 1. The molecule has 6 heteroatoms. The lowest BCUT2D eigenvalue weighted by atomic mass is 9.92. The van der Waals surface area contributed by atoms with Gasteiger partial charge in [-0.25, -0.2) is 0 Å². The van der Waals surface area contributed by atoms with Crippen LogP contribution in [0.15, 0.2) is 60.7 Å². The van der Waals surface area contributed by atoms with Crippen molar-refractivity contribution in [1.82, 2.24) is 0 Å². The third-order valence-corrected chi connectivity index (χ3v) is 5.71. The van der Waals surface area contributed by atoms with Crippen LogP contribution in [-0.2, 0) is 17.6 Å². The molecule has 1 unspecified atom stereocenters. The molecule has 0 aliphatic heterocycles. The van der Waals surface area contributed by atoms with E-state index in [2.05, 4.69) is 17.4 Å². The molecule has 0 saturated carbocycles. The molecule has 0 fully saturated rings. The number of ether oxygens (including phenoxy) is 3. The van der Waals surface area contributed by atoms with E-state index in [0.29, 0.717) is 33.7 Å². The van der Waals surface area contributed by atoms with Gasteiger partial charge in [0, 0.05) is 11.1 Å². The Morgan fingerprint density at radius 3 is 2.53 bits per heavy atom. The topological polar surface area (TPSA) is 56.8 Å². The van der Waals surface area contributed by atoms with Crippen LogP contribution >= 0.6 is 11.6 Å². The van der Waals surface area contributed by atoms with Gasteiger partial charge >= 0.3 is 0 Å². The Labute approximate surface area is 193 Å². The predicted octanol–water partition coefficient (Wildman–Crippen LogP) is 6.43. The van der Waals surface area contributed by atoms with Crippen LogP contribution in [-0.4, -0.2) is 19.1 Å². The van der Waals surface area contributed by atoms with E-state index < -0.39 is 6.10 Å². The Kier molecular flexibility index (Phi) is 6.86. The first-order valence-electron chi connectivity index (χ1n) is 10.7. The van der Waals surface area contributed by atoms with Gasteiger partial charge in [0.15, 0.2) is 11.9 Å². The van der Waals surface area contributed by atoms with E-state index in [-0.39, 0.29) is 5.91 Å². The normalized spacial score (nSPS) is 13.6. The zero-order chi connectivity index (χ0) is 22.5. The minimum Gasteiger partial charge on any atom is -0.497 e. The molecule has 1 amide bonds. The van der Waals surface area contributed by atoms with Gasteiger partial charge in [-0.2, -0.15) is 0 Å². The molecule has 1 aliphatic carbocycles. The zero-order valence-corrected chi connectivity index (χ0v) is 18.9. The van der Waals surface area contributed by atoms with Crippen molar-refractivity contribution in [3.8, 4) is 23.0 Å². The van der Waals surface area contributed by atoms with Gasteiger partial charge in [0.1, 0.15) is 17.2 Å². The second-order valence-corrected chi connectivity index (χ2v) is 8.24. The van der Waals surface area contributed by atoms with Gasteiger partial charge in [-0.1, -0.05) is 23.7 Å². The van der Waals surface area contributed by atoms with E-state index in [1.165, 1.54) is 24.0 Å². The summed E-state index contributed by atoms with van der Waals surface area (Å²) in [6.07, 6.45) is 3.89.